The molecule has 4 N–H and O–H groups in total. The maximum absolute atomic E-state index is 12.4. The summed E-state index contributed by atoms with van der Waals surface area (Å²) < 4.78 is 26.9. The number of aliphatic carboxylic acids is 1. The van der Waals surface area contributed by atoms with Gasteiger partial charge >= 0.3 is 19.8 Å². The van der Waals surface area contributed by atoms with Crippen LogP contribution in [0.1, 0.15) is 219 Å². The molecule has 3 unspecified atom stereocenters. The van der Waals surface area contributed by atoms with Gasteiger partial charge in [0.05, 0.1) is 13.2 Å². The Morgan fingerprint density at radius 2 is 0.859 bits per heavy atom. The number of unbranched alkanes of at least 4 members (excludes halogenated alkanes) is 23. The van der Waals surface area contributed by atoms with Crippen molar-refractivity contribution in [1.29, 1.82) is 0 Å². The van der Waals surface area contributed by atoms with E-state index in [4.69, 9.17) is 13.8 Å². The molecule has 370 valence electrons. The maximum atomic E-state index is 12.4. The SMILES string of the molecule is CCCCC/C=C\C/C=C\C/C=C\CCCCCCCCC(=O)OCC(O)COP(=O)(O)OCC(NC(=O)CCCCCCCCCCCCC/C=C\C/C=C\CCCCC)C(=O)O. The van der Waals surface area contributed by atoms with Crippen LogP contribution in [0.4, 0.5) is 0 Å². The topological polar surface area (TPSA) is 169 Å². The number of carboxylic acids is 1. The van der Waals surface area contributed by atoms with Crippen LogP contribution in [-0.4, -0.2) is 64.9 Å². The van der Waals surface area contributed by atoms with E-state index in [-0.39, 0.29) is 12.8 Å². The molecule has 0 saturated carbocycles. The molecule has 0 bridgehead atoms. The molecule has 0 saturated heterocycles. The fraction of sp³-hybridized carbons (Fsp3) is 0.750. The Morgan fingerprint density at radius 1 is 0.500 bits per heavy atom. The molecule has 12 heteroatoms. The van der Waals surface area contributed by atoms with Gasteiger partial charge in [-0.2, -0.15) is 0 Å². The molecule has 0 spiro atoms. The van der Waals surface area contributed by atoms with Crippen molar-refractivity contribution in [2.75, 3.05) is 19.8 Å². The number of aliphatic hydroxyl groups excluding tert-OH is 1. The standard InChI is InChI=1S/C52H92NO10P/c1-3-5-7-9-11-13-15-17-19-21-23-24-26-27-29-31-33-35-37-39-41-43-50(55)53-49(52(57)58)47-63-64(59,60)62-46-48(54)45-61-51(56)44-42-40-38-36-34-32-30-28-25-22-20-18-16-14-12-10-8-6-4-2/h11-14,17-20,25,28,48-49,54H,3-10,15-16,21-24,26-27,29-47H2,1-2H3,(H,53,55)(H,57,58)(H,59,60)/b13-11-,14-12-,19-17-,20-18-,28-25-. The van der Waals surface area contributed by atoms with Crippen molar-refractivity contribution in [3.05, 3.63) is 60.8 Å². The summed E-state index contributed by atoms with van der Waals surface area (Å²) >= 11 is 0. The lowest BCUT2D eigenvalue weighted by atomic mass is 10.0. The third-order valence-corrected chi connectivity index (χ3v) is 11.7. The van der Waals surface area contributed by atoms with Crippen molar-refractivity contribution in [3.63, 3.8) is 0 Å². The lowest BCUT2D eigenvalue weighted by Gasteiger charge is -2.18. The molecule has 0 aliphatic heterocycles. The molecule has 0 rings (SSSR count). The Bertz CT molecular complexity index is 1310. The van der Waals surface area contributed by atoms with E-state index >= 15 is 0 Å². The number of allylic oxidation sites excluding steroid dienone is 10. The van der Waals surface area contributed by atoms with Gasteiger partial charge in [0.15, 0.2) is 6.04 Å². The van der Waals surface area contributed by atoms with Gasteiger partial charge in [-0.15, -0.1) is 0 Å². The molecule has 64 heavy (non-hydrogen) atoms. The third-order valence-electron chi connectivity index (χ3n) is 10.8. The number of hydrogen-bond donors (Lipinski definition) is 4. The van der Waals surface area contributed by atoms with Crippen LogP contribution in [0, 0.1) is 0 Å². The second kappa shape index (κ2) is 46.7. The van der Waals surface area contributed by atoms with E-state index in [9.17, 15) is 34.1 Å². The van der Waals surface area contributed by atoms with Gasteiger partial charge in [-0.05, 0) is 83.5 Å². The van der Waals surface area contributed by atoms with Crippen LogP contribution in [0.15, 0.2) is 60.8 Å². The summed E-state index contributed by atoms with van der Waals surface area (Å²) in [5, 5.41) is 21.9. The number of nitrogens with one attached hydrogen (secondary N) is 1. The number of carbonyl (C=O) groups excluding carboxylic acids is 2. The van der Waals surface area contributed by atoms with E-state index in [0.29, 0.717) is 12.8 Å². The van der Waals surface area contributed by atoms with E-state index in [2.05, 4.69) is 79.9 Å². The molecule has 11 nitrogen and oxygen atoms in total. The van der Waals surface area contributed by atoms with Crippen LogP contribution in [0.3, 0.4) is 0 Å². The number of carboxylic acid groups (broad SMARTS) is 1. The van der Waals surface area contributed by atoms with Crippen molar-refractivity contribution >= 4 is 25.7 Å². The van der Waals surface area contributed by atoms with Crippen LogP contribution < -0.4 is 5.32 Å². The van der Waals surface area contributed by atoms with Gasteiger partial charge in [0.1, 0.15) is 12.7 Å². The Hall–Kier alpha value is -2.82. The normalized spacial score (nSPS) is 14.1. The fourth-order valence-electron chi connectivity index (χ4n) is 6.82. The zero-order valence-corrected chi connectivity index (χ0v) is 41.2. The number of esters is 1. The summed E-state index contributed by atoms with van der Waals surface area (Å²) in [4.78, 5) is 46.1. The zero-order chi connectivity index (χ0) is 47.0. The van der Waals surface area contributed by atoms with E-state index in [1.54, 1.807) is 0 Å². The van der Waals surface area contributed by atoms with Crippen molar-refractivity contribution in [1.82, 2.24) is 5.32 Å². The molecule has 0 radical (unpaired) electrons. The average molecular weight is 922 g/mol. The van der Waals surface area contributed by atoms with Gasteiger partial charge in [-0.25, -0.2) is 9.36 Å². The van der Waals surface area contributed by atoms with Crippen molar-refractivity contribution in [2.45, 2.75) is 231 Å². The van der Waals surface area contributed by atoms with Crippen molar-refractivity contribution in [2.24, 2.45) is 0 Å². The smallest absolute Gasteiger partial charge is 0.472 e. The van der Waals surface area contributed by atoms with E-state index in [1.807, 2.05) is 0 Å². The first-order valence-electron chi connectivity index (χ1n) is 25.3. The second-order valence-corrected chi connectivity index (χ2v) is 18.5. The molecule has 0 aliphatic carbocycles. The molecular formula is C52H92NO10P. The predicted octanol–water partition coefficient (Wildman–Crippen LogP) is 13.9. The van der Waals surface area contributed by atoms with Crippen LogP contribution in [0.25, 0.3) is 0 Å². The van der Waals surface area contributed by atoms with Crippen LogP contribution in [-0.2, 0) is 32.7 Å². The highest BCUT2D eigenvalue weighted by Crippen LogP contribution is 2.43. The van der Waals surface area contributed by atoms with Gasteiger partial charge in [0, 0.05) is 12.8 Å². The minimum Gasteiger partial charge on any atom is -0.480 e. The quantitative estimate of drug-likeness (QED) is 0.0199. The van der Waals surface area contributed by atoms with E-state index in [1.165, 1.54) is 96.3 Å². The van der Waals surface area contributed by atoms with Gasteiger partial charge in [-0.1, -0.05) is 184 Å². The zero-order valence-electron chi connectivity index (χ0n) is 40.3. The number of phosphoric ester groups is 1. The highest BCUT2D eigenvalue weighted by molar-refractivity contribution is 7.47. The van der Waals surface area contributed by atoms with Gasteiger partial charge in [0.2, 0.25) is 5.91 Å². The molecule has 3 atom stereocenters. The summed E-state index contributed by atoms with van der Waals surface area (Å²) in [6, 6.07) is -1.55. The van der Waals surface area contributed by atoms with Gasteiger partial charge in [0.25, 0.3) is 0 Å². The van der Waals surface area contributed by atoms with Crippen LogP contribution in [0.5, 0.6) is 0 Å². The van der Waals surface area contributed by atoms with E-state index in [0.717, 1.165) is 83.5 Å². The monoisotopic (exact) mass is 922 g/mol. The Morgan fingerprint density at radius 3 is 1.28 bits per heavy atom. The number of phosphoric acid groups is 1. The minimum absolute atomic E-state index is 0.141. The molecule has 1 amide bonds. The number of hydrogen-bond acceptors (Lipinski definition) is 8. The molecule has 0 fully saturated rings. The Kier molecular flexibility index (Phi) is 44.6. The Labute approximate surface area is 389 Å². The lowest BCUT2D eigenvalue weighted by Crippen LogP contribution is -2.43. The van der Waals surface area contributed by atoms with Crippen LogP contribution >= 0.6 is 7.82 Å². The average Bonchev–Trinajstić information content (AvgIpc) is 3.27. The summed E-state index contributed by atoms with van der Waals surface area (Å²) in [5.41, 5.74) is 0. The number of aliphatic hydroxyl groups is 1. The first kappa shape index (κ1) is 61.2. The largest absolute Gasteiger partial charge is 0.480 e. The first-order valence-corrected chi connectivity index (χ1v) is 26.8. The summed E-state index contributed by atoms with van der Waals surface area (Å²) in [6.45, 7) is 2.55. The third kappa shape index (κ3) is 45.7. The fourth-order valence-corrected chi connectivity index (χ4v) is 7.60. The maximum Gasteiger partial charge on any atom is 0.472 e. The first-order chi connectivity index (χ1) is 31.1. The molecule has 0 aliphatic rings. The summed E-state index contributed by atoms with van der Waals surface area (Å²) in [5.74, 6) is -2.39. The molecule has 0 heterocycles. The number of rotatable bonds is 47. The second-order valence-electron chi connectivity index (χ2n) is 17.0. The molecule has 0 aromatic heterocycles. The van der Waals surface area contributed by atoms with Gasteiger partial charge < -0.3 is 25.2 Å². The number of amides is 1. The molecule has 0 aromatic carbocycles. The number of carbonyl (C=O) groups is 3. The molecule has 0 aromatic rings. The highest BCUT2D eigenvalue weighted by Gasteiger charge is 2.28. The predicted molar refractivity (Wildman–Crippen MR) is 263 cm³/mol. The summed E-state index contributed by atoms with van der Waals surface area (Å²) in [6.07, 6.45) is 55.2. The van der Waals surface area contributed by atoms with Crippen LogP contribution in [0.2, 0.25) is 0 Å². The lowest BCUT2D eigenvalue weighted by molar-refractivity contribution is -0.147. The highest BCUT2D eigenvalue weighted by atomic mass is 31.2. The van der Waals surface area contributed by atoms with Gasteiger partial charge in [-0.3, -0.25) is 18.6 Å². The summed E-state index contributed by atoms with van der Waals surface area (Å²) in [7, 11) is -4.77. The van der Waals surface area contributed by atoms with E-state index < -0.39 is 57.6 Å². The minimum atomic E-state index is -4.77. The number of ether oxygens (including phenoxy) is 1. The Balaban J connectivity index is 3.86. The van der Waals surface area contributed by atoms with Crippen molar-refractivity contribution in [3.8, 4) is 0 Å². The molecular weight excluding hydrogens is 830 g/mol. The van der Waals surface area contributed by atoms with Crippen molar-refractivity contribution < 1.29 is 47.8 Å².